The average molecular weight is 752 g/mol. The molecule has 274 valence electrons. The lowest BCUT2D eigenvalue weighted by atomic mass is 9.90. The third kappa shape index (κ3) is 5.49. The van der Waals surface area contributed by atoms with E-state index in [0.717, 1.165) is 93.2 Å². The highest BCUT2D eigenvalue weighted by Crippen LogP contribution is 2.46. The molecule has 0 saturated carbocycles. The van der Waals surface area contributed by atoms with Crippen molar-refractivity contribution in [2.24, 2.45) is 0 Å². The monoisotopic (exact) mass is 751 g/mol. The Kier molecular flexibility index (Phi) is 7.50. The fourth-order valence-electron chi connectivity index (χ4n) is 8.85. The van der Waals surface area contributed by atoms with Crippen molar-refractivity contribution in [1.29, 1.82) is 0 Å². The normalized spacial score (nSPS) is 11.7. The molecule has 0 spiro atoms. The summed E-state index contributed by atoms with van der Waals surface area (Å²) >= 11 is 0. The topological polar surface area (TPSA) is 51.8 Å². The van der Waals surface area contributed by atoms with Crippen LogP contribution in [0.1, 0.15) is 0 Å². The van der Waals surface area contributed by atoms with Gasteiger partial charge >= 0.3 is 0 Å². The zero-order valence-electron chi connectivity index (χ0n) is 31.8. The number of hydrogen-bond donors (Lipinski definition) is 0. The first kappa shape index (κ1) is 33.2. The molecule has 0 fully saturated rings. The van der Waals surface area contributed by atoms with E-state index in [1.165, 1.54) is 10.8 Å². The van der Waals surface area contributed by atoms with Crippen molar-refractivity contribution in [3.8, 4) is 56.4 Å². The van der Waals surface area contributed by atoms with E-state index in [4.69, 9.17) is 19.4 Å². The predicted molar refractivity (Wildman–Crippen MR) is 244 cm³/mol. The van der Waals surface area contributed by atoms with Gasteiger partial charge in [-0.1, -0.05) is 176 Å². The minimum absolute atomic E-state index is 0.585. The van der Waals surface area contributed by atoms with Gasteiger partial charge in [0.15, 0.2) is 17.5 Å². The predicted octanol–water partition coefficient (Wildman–Crippen LogP) is 14.7. The molecular formula is C55H33N3O. The van der Waals surface area contributed by atoms with Gasteiger partial charge in [0.25, 0.3) is 0 Å². The molecule has 0 bridgehead atoms. The molecule has 4 nitrogen and oxygen atoms in total. The molecule has 0 aliphatic carbocycles. The Morgan fingerprint density at radius 2 is 0.780 bits per heavy atom. The van der Waals surface area contributed by atoms with Crippen LogP contribution < -0.4 is 0 Å². The fraction of sp³-hybridized carbons (Fsp3) is 0. The third-order valence-corrected chi connectivity index (χ3v) is 11.7. The van der Waals surface area contributed by atoms with E-state index in [1.54, 1.807) is 0 Å². The van der Waals surface area contributed by atoms with Crippen LogP contribution in [0.25, 0.3) is 121 Å². The van der Waals surface area contributed by atoms with Gasteiger partial charge in [0.1, 0.15) is 11.2 Å². The minimum Gasteiger partial charge on any atom is -0.455 e. The summed E-state index contributed by atoms with van der Waals surface area (Å²) in [6.45, 7) is 0. The van der Waals surface area contributed by atoms with Crippen molar-refractivity contribution >= 4 is 65.0 Å². The van der Waals surface area contributed by atoms with Gasteiger partial charge in [-0.05, 0) is 84.2 Å². The summed E-state index contributed by atoms with van der Waals surface area (Å²) in [7, 11) is 0. The van der Waals surface area contributed by atoms with E-state index >= 15 is 0 Å². The van der Waals surface area contributed by atoms with Crippen LogP contribution in [0.2, 0.25) is 0 Å². The molecule has 0 atom stereocenters. The molecule has 0 aliphatic rings. The maximum Gasteiger partial charge on any atom is 0.164 e. The van der Waals surface area contributed by atoms with Crippen LogP contribution in [-0.2, 0) is 0 Å². The van der Waals surface area contributed by atoms with Crippen LogP contribution in [0.15, 0.2) is 205 Å². The van der Waals surface area contributed by atoms with E-state index in [2.05, 4.69) is 188 Å². The molecule has 10 aromatic carbocycles. The Morgan fingerprint density at radius 1 is 0.288 bits per heavy atom. The smallest absolute Gasteiger partial charge is 0.164 e. The van der Waals surface area contributed by atoms with E-state index < -0.39 is 0 Å². The van der Waals surface area contributed by atoms with E-state index in [9.17, 15) is 0 Å². The largest absolute Gasteiger partial charge is 0.455 e. The minimum atomic E-state index is 0.585. The van der Waals surface area contributed by atoms with Crippen LogP contribution in [0, 0.1) is 0 Å². The number of fused-ring (bicyclic) bond motifs is 11. The van der Waals surface area contributed by atoms with Crippen LogP contribution in [0.3, 0.4) is 0 Å². The lowest BCUT2D eigenvalue weighted by molar-refractivity contribution is 0.673. The summed E-state index contributed by atoms with van der Waals surface area (Å²) < 4.78 is 7.07. The highest BCUT2D eigenvalue weighted by molar-refractivity contribution is 6.34. The summed E-state index contributed by atoms with van der Waals surface area (Å²) in [6, 6.07) is 70.3. The van der Waals surface area contributed by atoms with Crippen molar-refractivity contribution in [1.82, 2.24) is 15.0 Å². The van der Waals surface area contributed by atoms with E-state index in [1.807, 2.05) is 12.1 Å². The molecule has 12 rings (SSSR count). The first-order chi connectivity index (χ1) is 29.2. The first-order valence-electron chi connectivity index (χ1n) is 19.9. The number of nitrogens with zero attached hydrogens (tertiary/aromatic N) is 3. The molecule has 59 heavy (non-hydrogen) atoms. The molecular weight excluding hydrogens is 719 g/mol. The van der Waals surface area contributed by atoms with Crippen molar-refractivity contribution in [2.75, 3.05) is 0 Å². The van der Waals surface area contributed by atoms with E-state index in [-0.39, 0.29) is 0 Å². The zero-order valence-corrected chi connectivity index (χ0v) is 31.8. The molecule has 2 aromatic heterocycles. The highest BCUT2D eigenvalue weighted by atomic mass is 16.3. The van der Waals surface area contributed by atoms with Gasteiger partial charge in [-0.15, -0.1) is 0 Å². The standard InChI is InChI=1S/C55H33N3O/c1-3-14-34(15-4-1)36-26-28-37(29-27-36)53-56-54(41-21-13-20-38(30-41)35-16-5-2-6-17-35)58-55(57-53)48-33-46-44-24-10-9-22-42(44)43-23-11-12-25-45(43)50(46)52-51(48)47-31-39-18-7-8-19-40(39)32-49(47)59-52/h1-33H. The molecule has 0 unspecified atom stereocenters. The van der Waals surface area contributed by atoms with Gasteiger partial charge < -0.3 is 4.42 Å². The Hall–Kier alpha value is -7.95. The zero-order chi connectivity index (χ0) is 38.9. The molecule has 0 N–H and O–H groups in total. The summed E-state index contributed by atoms with van der Waals surface area (Å²) in [4.78, 5) is 16.0. The summed E-state index contributed by atoms with van der Waals surface area (Å²) in [5.74, 6) is 1.79. The molecule has 0 aliphatic heterocycles. The number of hydrogen-bond acceptors (Lipinski definition) is 4. The quantitative estimate of drug-likeness (QED) is 0.164. The van der Waals surface area contributed by atoms with Crippen LogP contribution in [0.5, 0.6) is 0 Å². The Bertz CT molecular complexity index is 3590. The maximum absolute atomic E-state index is 7.07. The van der Waals surface area contributed by atoms with Gasteiger partial charge in [0.05, 0.1) is 0 Å². The molecule has 12 aromatic rings. The van der Waals surface area contributed by atoms with Gasteiger partial charge in [-0.3, -0.25) is 0 Å². The molecule has 0 saturated heterocycles. The summed E-state index contributed by atoms with van der Waals surface area (Å²) in [6.07, 6.45) is 0. The van der Waals surface area contributed by atoms with Gasteiger partial charge in [-0.25, -0.2) is 15.0 Å². The second-order valence-corrected chi connectivity index (χ2v) is 15.1. The summed E-state index contributed by atoms with van der Waals surface area (Å²) in [5, 5.41) is 11.1. The molecule has 0 radical (unpaired) electrons. The van der Waals surface area contributed by atoms with Crippen LogP contribution in [-0.4, -0.2) is 15.0 Å². The third-order valence-electron chi connectivity index (χ3n) is 11.7. The van der Waals surface area contributed by atoms with Crippen molar-refractivity contribution < 1.29 is 4.42 Å². The molecule has 4 heteroatoms. The van der Waals surface area contributed by atoms with Crippen molar-refractivity contribution in [3.05, 3.63) is 200 Å². The first-order valence-corrected chi connectivity index (χ1v) is 19.9. The van der Waals surface area contributed by atoms with Gasteiger partial charge in [0.2, 0.25) is 0 Å². The molecule has 0 amide bonds. The maximum atomic E-state index is 7.07. The number of rotatable bonds is 5. The SMILES string of the molecule is c1ccc(-c2ccc(-c3nc(-c4cccc(-c5ccccc5)c4)nc(-c4cc5c6ccccc6c6ccccc6c5c5oc6cc7ccccc7cc6c45)n3)cc2)cc1. The van der Waals surface area contributed by atoms with Crippen LogP contribution in [0.4, 0.5) is 0 Å². The Morgan fingerprint density at radius 3 is 1.49 bits per heavy atom. The van der Waals surface area contributed by atoms with Crippen LogP contribution >= 0.6 is 0 Å². The number of furan rings is 1. The van der Waals surface area contributed by atoms with Crippen molar-refractivity contribution in [2.45, 2.75) is 0 Å². The Labute approximate surface area is 339 Å². The number of benzene rings is 10. The second kappa shape index (κ2) is 13.3. The van der Waals surface area contributed by atoms with Gasteiger partial charge in [-0.2, -0.15) is 0 Å². The highest BCUT2D eigenvalue weighted by Gasteiger charge is 2.23. The van der Waals surface area contributed by atoms with Gasteiger partial charge in [0, 0.05) is 32.8 Å². The average Bonchev–Trinajstić information content (AvgIpc) is 3.69. The lowest BCUT2D eigenvalue weighted by Gasteiger charge is -2.14. The molecule has 2 heterocycles. The second-order valence-electron chi connectivity index (χ2n) is 15.1. The van der Waals surface area contributed by atoms with Crippen molar-refractivity contribution in [3.63, 3.8) is 0 Å². The number of aromatic nitrogens is 3. The van der Waals surface area contributed by atoms with E-state index in [0.29, 0.717) is 17.5 Å². The lowest BCUT2D eigenvalue weighted by Crippen LogP contribution is -2.01. The Balaban J connectivity index is 1.18. The summed E-state index contributed by atoms with van der Waals surface area (Å²) in [5.41, 5.74) is 8.88. The fourth-order valence-corrected chi connectivity index (χ4v) is 8.85.